The molecule has 7 rings (SSSR count). The Morgan fingerprint density at radius 1 is 0.906 bits per heavy atom. The molecule has 32 heavy (non-hydrogen) atoms. The van der Waals surface area contributed by atoms with E-state index in [4.69, 9.17) is 14.2 Å². The van der Waals surface area contributed by atoms with Gasteiger partial charge in [-0.1, -0.05) is 0 Å². The Labute approximate surface area is 193 Å². The minimum atomic E-state index is -0.678. The fourth-order valence-corrected chi connectivity index (χ4v) is 7.81. The van der Waals surface area contributed by atoms with Gasteiger partial charge in [-0.15, -0.1) is 0 Å². The summed E-state index contributed by atoms with van der Waals surface area (Å²) in [6.07, 6.45) is 11.8. The van der Waals surface area contributed by atoms with E-state index in [1.807, 2.05) is 0 Å². The molecule has 0 amide bonds. The van der Waals surface area contributed by atoms with Gasteiger partial charge in [0, 0.05) is 24.4 Å². The molecular formula is C26H43FN2O3. The zero-order chi connectivity index (χ0) is 21.6. The molecule has 3 unspecified atom stereocenters. The highest BCUT2D eigenvalue weighted by molar-refractivity contribution is 5.07. The number of hydrogen-bond donors (Lipinski definition) is 1. The Hall–Kier alpha value is -0.270. The van der Waals surface area contributed by atoms with Crippen LogP contribution in [-0.4, -0.2) is 80.9 Å². The molecule has 2 spiro atoms. The van der Waals surface area contributed by atoms with Gasteiger partial charge < -0.3 is 19.5 Å². The predicted octanol–water partition coefficient (Wildman–Crippen LogP) is 3.70. The summed E-state index contributed by atoms with van der Waals surface area (Å²) in [5.41, 5.74) is 0.293. The molecule has 4 aliphatic heterocycles. The molecule has 7 aliphatic rings. The monoisotopic (exact) mass is 450 g/mol. The van der Waals surface area contributed by atoms with Gasteiger partial charge in [0.05, 0.1) is 50.2 Å². The lowest BCUT2D eigenvalue weighted by Gasteiger charge is -2.53. The molecule has 2 bridgehead atoms. The highest BCUT2D eigenvalue weighted by Gasteiger charge is 2.52. The van der Waals surface area contributed by atoms with E-state index in [1.54, 1.807) is 0 Å². The standard InChI is InChI=1S/C26H43FN2O3/c27-21-3-1-4-22-24(21)19-5-7-20(8-6-19)31-15-23-26(18-30-14-12-28-26)9-2-13-29(23)16-25(10-11-25)17-32-22/h19-24,28H,1-18H2/t19?,20?,21?,22?,23-,24?,26+/m1/s1. The molecular weight excluding hydrogens is 407 g/mol. The molecule has 5 nitrogen and oxygen atoms in total. The fraction of sp³-hybridized carbons (Fsp3) is 1.00. The van der Waals surface area contributed by atoms with Crippen molar-refractivity contribution in [1.29, 1.82) is 0 Å². The lowest BCUT2D eigenvalue weighted by atomic mass is 9.70. The fourth-order valence-electron chi connectivity index (χ4n) is 7.81. The van der Waals surface area contributed by atoms with Gasteiger partial charge in [0.2, 0.25) is 0 Å². The van der Waals surface area contributed by atoms with Crippen molar-refractivity contribution in [2.75, 3.05) is 46.1 Å². The van der Waals surface area contributed by atoms with Crippen molar-refractivity contribution in [1.82, 2.24) is 10.2 Å². The smallest absolute Gasteiger partial charge is 0.106 e. The van der Waals surface area contributed by atoms with E-state index >= 15 is 4.39 Å². The Balaban J connectivity index is 1.25. The summed E-state index contributed by atoms with van der Waals surface area (Å²) in [6, 6.07) is 0.368. The van der Waals surface area contributed by atoms with E-state index in [1.165, 1.54) is 25.7 Å². The molecule has 1 N–H and O–H groups in total. The molecule has 3 saturated carbocycles. The number of morpholine rings is 1. The maximum absolute atomic E-state index is 15.1. The molecule has 6 heteroatoms. The number of halogens is 1. The first-order valence-electron chi connectivity index (χ1n) is 13.6. The molecule has 3 aliphatic carbocycles. The SMILES string of the molecule is FC1CCCC2OCC3(CC3)CN3CCC[C@]4(COCCN4)[C@H]3COC3CCC(CC3)C12. The van der Waals surface area contributed by atoms with Crippen LogP contribution < -0.4 is 5.32 Å². The van der Waals surface area contributed by atoms with Gasteiger partial charge in [0.1, 0.15) is 6.17 Å². The number of ether oxygens (including phenoxy) is 3. The van der Waals surface area contributed by atoms with Gasteiger partial charge in [-0.2, -0.15) is 0 Å². The summed E-state index contributed by atoms with van der Waals surface area (Å²) >= 11 is 0. The van der Waals surface area contributed by atoms with E-state index in [0.717, 1.165) is 91.0 Å². The van der Waals surface area contributed by atoms with Gasteiger partial charge >= 0.3 is 0 Å². The molecule has 0 radical (unpaired) electrons. The maximum Gasteiger partial charge on any atom is 0.106 e. The summed E-state index contributed by atoms with van der Waals surface area (Å²) in [5, 5.41) is 3.88. The molecule has 4 saturated heterocycles. The first-order valence-corrected chi connectivity index (χ1v) is 13.6. The molecule has 0 aromatic heterocycles. The average molecular weight is 451 g/mol. The van der Waals surface area contributed by atoms with Gasteiger partial charge in [-0.25, -0.2) is 4.39 Å². The normalized spacial score (nSPS) is 47.5. The van der Waals surface area contributed by atoms with E-state index in [0.29, 0.717) is 18.1 Å². The molecule has 5 atom stereocenters. The second-order valence-electron chi connectivity index (χ2n) is 12.0. The van der Waals surface area contributed by atoms with E-state index in [-0.39, 0.29) is 23.0 Å². The second-order valence-corrected chi connectivity index (χ2v) is 12.0. The summed E-state index contributed by atoms with van der Waals surface area (Å²) in [5.74, 6) is 0.581. The van der Waals surface area contributed by atoms with Gasteiger partial charge in [-0.05, 0) is 83.1 Å². The largest absolute Gasteiger partial charge is 0.378 e. The van der Waals surface area contributed by atoms with Crippen molar-refractivity contribution in [2.45, 2.75) is 101 Å². The first-order chi connectivity index (χ1) is 15.7. The van der Waals surface area contributed by atoms with Gasteiger partial charge in [-0.3, -0.25) is 4.90 Å². The molecule has 0 aromatic carbocycles. The van der Waals surface area contributed by atoms with Gasteiger partial charge in [0.25, 0.3) is 0 Å². The number of piperidine rings is 1. The Bertz CT molecular complexity index is 639. The Kier molecular flexibility index (Phi) is 6.29. The number of hydrogen-bond acceptors (Lipinski definition) is 5. The van der Waals surface area contributed by atoms with Crippen LogP contribution in [0.5, 0.6) is 0 Å². The van der Waals surface area contributed by atoms with Crippen LogP contribution >= 0.6 is 0 Å². The summed E-state index contributed by atoms with van der Waals surface area (Å²) in [7, 11) is 0. The van der Waals surface area contributed by atoms with Gasteiger partial charge in [0.15, 0.2) is 0 Å². The lowest BCUT2D eigenvalue weighted by molar-refractivity contribution is -0.121. The summed E-state index contributed by atoms with van der Waals surface area (Å²) < 4.78 is 34.5. The van der Waals surface area contributed by atoms with Crippen LogP contribution in [0.15, 0.2) is 0 Å². The van der Waals surface area contributed by atoms with E-state index in [2.05, 4.69) is 10.2 Å². The van der Waals surface area contributed by atoms with Crippen LogP contribution in [0.4, 0.5) is 4.39 Å². The third-order valence-corrected chi connectivity index (χ3v) is 9.90. The highest BCUT2D eigenvalue weighted by Crippen LogP contribution is 2.50. The van der Waals surface area contributed by atoms with Crippen molar-refractivity contribution in [3.05, 3.63) is 0 Å². The lowest BCUT2D eigenvalue weighted by Crippen LogP contribution is -2.70. The topological polar surface area (TPSA) is 43.0 Å². The first kappa shape index (κ1) is 22.2. The summed E-state index contributed by atoms with van der Waals surface area (Å²) in [4.78, 5) is 2.72. The van der Waals surface area contributed by atoms with Crippen molar-refractivity contribution in [3.8, 4) is 0 Å². The molecule has 4 heterocycles. The third-order valence-electron chi connectivity index (χ3n) is 9.90. The van der Waals surface area contributed by atoms with Crippen molar-refractivity contribution >= 4 is 0 Å². The molecule has 0 aromatic rings. The number of rotatable bonds is 0. The van der Waals surface area contributed by atoms with Crippen LogP contribution in [0.25, 0.3) is 0 Å². The van der Waals surface area contributed by atoms with Crippen molar-refractivity contribution in [2.24, 2.45) is 17.3 Å². The van der Waals surface area contributed by atoms with E-state index in [9.17, 15) is 0 Å². The Morgan fingerprint density at radius 3 is 2.56 bits per heavy atom. The summed E-state index contributed by atoms with van der Waals surface area (Å²) in [6.45, 7) is 6.40. The Morgan fingerprint density at radius 2 is 1.78 bits per heavy atom. The molecule has 7 fully saturated rings. The molecule has 182 valence electrons. The quantitative estimate of drug-likeness (QED) is 0.610. The number of nitrogens with one attached hydrogen (secondary N) is 1. The average Bonchev–Trinajstić information content (AvgIpc) is 3.58. The number of nitrogens with zero attached hydrogens (tertiary/aromatic N) is 1. The minimum Gasteiger partial charge on any atom is -0.378 e. The predicted molar refractivity (Wildman–Crippen MR) is 121 cm³/mol. The van der Waals surface area contributed by atoms with Crippen molar-refractivity contribution in [3.63, 3.8) is 0 Å². The number of alkyl halides is 1. The van der Waals surface area contributed by atoms with Crippen LogP contribution in [-0.2, 0) is 14.2 Å². The van der Waals surface area contributed by atoms with Crippen LogP contribution in [0, 0.1) is 17.3 Å². The van der Waals surface area contributed by atoms with Crippen LogP contribution in [0.1, 0.15) is 70.6 Å². The maximum atomic E-state index is 15.1. The third kappa shape index (κ3) is 4.28. The van der Waals surface area contributed by atoms with Crippen LogP contribution in [0.2, 0.25) is 0 Å². The van der Waals surface area contributed by atoms with Crippen molar-refractivity contribution < 1.29 is 18.6 Å². The van der Waals surface area contributed by atoms with E-state index < -0.39 is 6.17 Å². The zero-order valence-electron chi connectivity index (χ0n) is 19.7. The minimum absolute atomic E-state index is 0.0254. The zero-order valence-corrected chi connectivity index (χ0v) is 19.7. The number of fused-ring (bicyclic) bond motifs is 4. The van der Waals surface area contributed by atoms with Crippen LogP contribution in [0.3, 0.4) is 0 Å². The highest BCUT2D eigenvalue weighted by atomic mass is 19.1. The second kappa shape index (κ2) is 9.07.